The average Bonchev–Trinajstić information content (AvgIpc) is 3.39. The maximum atomic E-state index is 4.68. The van der Waals surface area contributed by atoms with Crippen LogP contribution in [0.3, 0.4) is 0 Å². The molecule has 0 amide bonds. The van der Waals surface area contributed by atoms with Crippen LogP contribution in [0.25, 0.3) is 22.2 Å². The van der Waals surface area contributed by atoms with Crippen LogP contribution in [-0.2, 0) is 7.05 Å². The van der Waals surface area contributed by atoms with Gasteiger partial charge >= 0.3 is 0 Å². The van der Waals surface area contributed by atoms with E-state index in [0.29, 0.717) is 12.0 Å². The minimum Gasteiger partial charge on any atom is -0.324 e. The van der Waals surface area contributed by atoms with Gasteiger partial charge in [-0.1, -0.05) is 6.07 Å². The second-order valence-corrected chi connectivity index (χ2v) is 8.33. The van der Waals surface area contributed by atoms with Crippen molar-refractivity contribution in [3.63, 3.8) is 0 Å². The number of aromatic amines is 1. The molecule has 1 saturated heterocycles. The molecule has 0 spiro atoms. The summed E-state index contributed by atoms with van der Waals surface area (Å²) in [5.41, 5.74) is 5.35. The molecule has 31 heavy (non-hydrogen) atoms. The summed E-state index contributed by atoms with van der Waals surface area (Å²) in [4.78, 5) is 17.5. The quantitative estimate of drug-likeness (QED) is 0.519. The number of nitrogens with one attached hydrogen (secondary N) is 2. The number of pyridine rings is 1. The molecule has 5 rings (SSSR count). The maximum Gasteiger partial charge on any atom is 0.206 e. The average molecular weight is 417 g/mol. The molecule has 8 nitrogen and oxygen atoms in total. The first kappa shape index (κ1) is 19.7. The summed E-state index contributed by atoms with van der Waals surface area (Å²) >= 11 is 0. The van der Waals surface area contributed by atoms with Crippen LogP contribution in [0.15, 0.2) is 48.9 Å². The molecule has 160 valence electrons. The molecule has 4 heterocycles. The molecule has 1 fully saturated rings. The van der Waals surface area contributed by atoms with Gasteiger partial charge in [0.15, 0.2) is 0 Å². The van der Waals surface area contributed by atoms with Gasteiger partial charge in [-0.15, -0.1) is 0 Å². The van der Waals surface area contributed by atoms with Crippen molar-refractivity contribution >= 4 is 22.8 Å². The van der Waals surface area contributed by atoms with Gasteiger partial charge in [-0.25, -0.2) is 9.97 Å². The zero-order valence-corrected chi connectivity index (χ0v) is 18.2. The van der Waals surface area contributed by atoms with Crippen molar-refractivity contribution in [2.75, 3.05) is 38.5 Å². The van der Waals surface area contributed by atoms with Crippen molar-refractivity contribution in [3.8, 4) is 11.1 Å². The number of fused-ring (bicyclic) bond motifs is 1. The van der Waals surface area contributed by atoms with Crippen LogP contribution in [0, 0.1) is 0 Å². The summed E-state index contributed by atoms with van der Waals surface area (Å²) in [6, 6.07) is 10.8. The monoisotopic (exact) mass is 416 g/mol. The Labute approximate surface area is 181 Å². The van der Waals surface area contributed by atoms with Gasteiger partial charge in [0.25, 0.3) is 0 Å². The third-order valence-corrected chi connectivity index (χ3v) is 6.12. The molecule has 3 aromatic heterocycles. The number of aromatic nitrogens is 5. The standard InChI is InChI=1S/C23H28N8/c1-16(31-10-8-29(2)9-11-31)17-6-7-24-22(13-17)28-23-26-20-5-4-18(12-21(20)27-23)19-14-25-30(3)15-19/h4-7,12-16H,8-11H2,1-3H3,(H2,24,26,27,28). The molecule has 0 radical (unpaired) electrons. The Kier molecular flexibility index (Phi) is 5.17. The molecule has 1 aliphatic heterocycles. The lowest BCUT2D eigenvalue weighted by Crippen LogP contribution is -2.45. The fourth-order valence-electron chi connectivity index (χ4n) is 4.14. The normalized spacial score (nSPS) is 16.6. The number of nitrogens with zero attached hydrogens (tertiary/aromatic N) is 6. The van der Waals surface area contributed by atoms with Crippen molar-refractivity contribution in [2.45, 2.75) is 13.0 Å². The summed E-state index contributed by atoms with van der Waals surface area (Å²) in [7, 11) is 4.11. The zero-order chi connectivity index (χ0) is 21.4. The number of hydrogen-bond acceptors (Lipinski definition) is 6. The molecule has 8 heteroatoms. The predicted molar refractivity (Wildman–Crippen MR) is 123 cm³/mol. The largest absolute Gasteiger partial charge is 0.324 e. The fraction of sp³-hybridized carbons (Fsp3) is 0.348. The van der Waals surface area contributed by atoms with E-state index in [0.717, 1.165) is 54.2 Å². The lowest BCUT2D eigenvalue weighted by atomic mass is 10.1. The second kappa shape index (κ2) is 8.13. The van der Waals surface area contributed by atoms with E-state index < -0.39 is 0 Å². The van der Waals surface area contributed by atoms with E-state index in [4.69, 9.17) is 0 Å². The van der Waals surface area contributed by atoms with Gasteiger partial charge in [-0.05, 0) is 49.4 Å². The highest BCUT2D eigenvalue weighted by atomic mass is 15.3. The molecule has 0 saturated carbocycles. The van der Waals surface area contributed by atoms with Gasteiger partial charge in [0.05, 0.1) is 17.2 Å². The van der Waals surface area contributed by atoms with E-state index in [1.54, 1.807) is 4.68 Å². The van der Waals surface area contributed by atoms with Crippen LogP contribution in [0.5, 0.6) is 0 Å². The third kappa shape index (κ3) is 4.17. The summed E-state index contributed by atoms with van der Waals surface area (Å²) in [6.45, 7) is 6.67. The van der Waals surface area contributed by atoms with Gasteiger partial charge in [0, 0.05) is 57.2 Å². The molecule has 2 N–H and O–H groups in total. The van der Waals surface area contributed by atoms with Crippen LogP contribution in [-0.4, -0.2) is 67.8 Å². The Morgan fingerprint density at radius 2 is 1.87 bits per heavy atom. The maximum absolute atomic E-state index is 4.68. The number of likely N-dealkylation sites (N-methyl/N-ethyl adjacent to an activating group) is 1. The Morgan fingerprint density at radius 1 is 1.03 bits per heavy atom. The molecular weight excluding hydrogens is 388 g/mol. The van der Waals surface area contributed by atoms with E-state index >= 15 is 0 Å². The minimum atomic E-state index is 0.356. The topological polar surface area (TPSA) is 77.9 Å². The van der Waals surface area contributed by atoms with Gasteiger partial charge in [0.1, 0.15) is 5.82 Å². The highest BCUT2D eigenvalue weighted by molar-refractivity contribution is 5.83. The minimum absolute atomic E-state index is 0.356. The first-order valence-electron chi connectivity index (χ1n) is 10.7. The van der Waals surface area contributed by atoms with Gasteiger partial charge < -0.3 is 15.2 Å². The lowest BCUT2D eigenvalue weighted by Gasteiger charge is -2.36. The van der Waals surface area contributed by atoms with Gasteiger partial charge in [-0.3, -0.25) is 9.58 Å². The molecule has 1 unspecified atom stereocenters. The number of H-pyrrole nitrogens is 1. The Hall–Kier alpha value is -3.23. The summed E-state index contributed by atoms with van der Waals surface area (Å²) in [5, 5.41) is 7.60. The number of imidazole rings is 1. The lowest BCUT2D eigenvalue weighted by molar-refractivity contribution is 0.119. The van der Waals surface area contributed by atoms with Crippen LogP contribution in [0.4, 0.5) is 11.8 Å². The Morgan fingerprint density at radius 3 is 2.65 bits per heavy atom. The van der Waals surface area contributed by atoms with Crippen LogP contribution in [0.1, 0.15) is 18.5 Å². The first-order valence-corrected chi connectivity index (χ1v) is 10.7. The smallest absolute Gasteiger partial charge is 0.206 e. The third-order valence-electron chi connectivity index (χ3n) is 6.12. The summed E-state index contributed by atoms with van der Waals surface area (Å²) < 4.78 is 1.81. The molecule has 4 aromatic rings. The number of benzene rings is 1. The number of rotatable bonds is 5. The molecular formula is C23H28N8. The highest BCUT2D eigenvalue weighted by Crippen LogP contribution is 2.26. The molecule has 1 aromatic carbocycles. The summed E-state index contributed by atoms with van der Waals surface area (Å²) in [6.07, 6.45) is 5.74. The van der Waals surface area contributed by atoms with Gasteiger partial charge in [-0.2, -0.15) is 5.10 Å². The Bertz CT molecular complexity index is 1190. The van der Waals surface area contributed by atoms with E-state index in [1.807, 2.05) is 31.7 Å². The van der Waals surface area contributed by atoms with E-state index in [9.17, 15) is 0 Å². The van der Waals surface area contributed by atoms with Crippen molar-refractivity contribution in [3.05, 3.63) is 54.5 Å². The van der Waals surface area contributed by atoms with Gasteiger partial charge in [0.2, 0.25) is 5.95 Å². The highest BCUT2D eigenvalue weighted by Gasteiger charge is 2.20. The van der Waals surface area contributed by atoms with Crippen molar-refractivity contribution in [2.24, 2.45) is 7.05 Å². The molecule has 0 bridgehead atoms. The van der Waals surface area contributed by atoms with Crippen molar-refractivity contribution in [1.82, 2.24) is 34.5 Å². The zero-order valence-electron chi connectivity index (χ0n) is 18.2. The molecule has 1 atom stereocenters. The van der Waals surface area contributed by atoms with E-state index in [-0.39, 0.29) is 0 Å². The molecule has 1 aliphatic rings. The Balaban J connectivity index is 1.34. The van der Waals surface area contributed by atoms with E-state index in [1.165, 1.54) is 5.56 Å². The number of hydrogen-bond donors (Lipinski definition) is 2. The number of piperazine rings is 1. The second-order valence-electron chi connectivity index (χ2n) is 8.33. The summed E-state index contributed by atoms with van der Waals surface area (Å²) in [5.74, 6) is 1.49. The SMILES string of the molecule is CC(c1ccnc(Nc2nc3ccc(-c4cnn(C)c4)cc3[nH]2)c1)N1CCN(C)CC1. The van der Waals surface area contributed by atoms with Crippen molar-refractivity contribution in [1.29, 1.82) is 0 Å². The molecule has 0 aliphatic carbocycles. The van der Waals surface area contributed by atoms with Crippen LogP contribution in [0.2, 0.25) is 0 Å². The number of aryl methyl sites for hydroxylation is 1. The predicted octanol–water partition coefficient (Wildman–Crippen LogP) is 3.41. The van der Waals surface area contributed by atoms with Crippen molar-refractivity contribution < 1.29 is 0 Å². The van der Waals surface area contributed by atoms with Crippen LogP contribution >= 0.6 is 0 Å². The van der Waals surface area contributed by atoms with E-state index in [2.05, 4.69) is 73.4 Å². The number of anilines is 2. The van der Waals surface area contributed by atoms with Crippen LogP contribution < -0.4 is 5.32 Å². The first-order chi connectivity index (χ1) is 15.0. The fourth-order valence-corrected chi connectivity index (χ4v) is 4.14.